The molecule has 0 radical (unpaired) electrons. The molecular weight excluding hydrogens is 690 g/mol. The molecule has 15 heteroatoms. The SMILES string of the molecule is CCC1=NCN=C1Cc1cc(C=CC(=O)N2c3cc(O[C@@]4(O)O[C@H](CO)[C@@H](O)[C@H](O)[C@H]4O)c(O)cc3[C@@H](CCc3ccccc3)[C@@H]2C(=O)O)ccc1O. The Hall–Kier alpha value is -5.16. The highest BCUT2D eigenvalue weighted by molar-refractivity contribution is 6.43. The number of aryl methyl sites for hydroxylation is 1. The fraction of sp³-hybridized carbons (Fsp3) is 0.368. The maximum Gasteiger partial charge on any atom is 0.355 e. The van der Waals surface area contributed by atoms with E-state index in [0.717, 1.165) is 28.0 Å². The molecule has 3 aliphatic heterocycles. The Labute approximate surface area is 304 Å². The number of ether oxygens (including phenoxy) is 2. The average molecular weight is 732 g/mol. The van der Waals surface area contributed by atoms with Gasteiger partial charge in [-0.1, -0.05) is 43.3 Å². The number of aromatic hydroxyl groups is 2. The van der Waals surface area contributed by atoms with Crippen molar-refractivity contribution in [1.29, 1.82) is 0 Å². The van der Waals surface area contributed by atoms with Gasteiger partial charge in [-0.3, -0.25) is 19.7 Å². The van der Waals surface area contributed by atoms with Gasteiger partial charge in [0.15, 0.2) is 17.6 Å². The van der Waals surface area contributed by atoms with Gasteiger partial charge in [0.1, 0.15) is 36.8 Å². The Kier molecular flexibility index (Phi) is 11.0. The van der Waals surface area contributed by atoms with E-state index in [1.54, 1.807) is 12.1 Å². The maximum atomic E-state index is 14.1. The number of carbonyl (C=O) groups is 2. The first-order valence-corrected chi connectivity index (χ1v) is 17.1. The van der Waals surface area contributed by atoms with Crippen molar-refractivity contribution in [2.75, 3.05) is 18.2 Å². The summed E-state index contributed by atoms with van der Waals surface area (Å²) in [5.41, 5.74) is 3.92. The monoisotopic (exact) mass is 731 g/mol. The molecular formula is C38H41N3O12. The van der Waals surface area contributed by atoms with Crippen molar-refractivity contribution < 1.29 is 59.9 Å². The summed E-state index contributed by atoms with van der Waals surface area (Å²) in [7, 11) is 0. The second kappa shape index (κ2) is 15.4. The van der Waals surface area contributed by atoms with Crippen molar-refractivity contribution >= 4 is 35.1 Å². The van der Waals surface area contributed by atoms with E-state index < -0.39 is 72.3 Å². The third kappa shape index (κ3) is 7.53. The van der Waals surface area contributed by atoms with Crippen LogP contribution in [0.1, 0.15) is 47.9 Å². The number of fused-ring (bicyclic) bond motifs is 1. The fourth-order valence-electron chi connectivity index (χ4n) is 6.99. The van der Waals surface area contributed by atoms with E-state index in [1.807, 2.05) is 37.3 Å². The number of nitrogens with zero attached hydrogens (tertiary/aromatic N) is 3. The number of anilines is 1. The second-order valence-electron chi connectivity index (χ2n) is 13.1. The van der Waals surface area contributed by atoms with Crippen LogP contribution in [0.5, 0.6) is 17.2 Å². The van der Waals surface area contributed by atoms with Gasteiger partial charge in [0, 0.05) is 30.0 Å². The molecule has 3 aromatic rings. The molecule has 6 rings (SSSR count). The Bertz CT molecular complexity index is 1950. The lowest BCUT2D eigenvalue weighted by Gasteiger charge is -2.44. The summed E-state index contributed by atoms with van der Waals surface area (Å²) in [4.78, 5) is 36.8. The van der Waals surface area contributed by atoms with Crippen LogP contribution in [0.3, 0.4) is 0 Å². The van der Waals surface area contributed by atoms with Crippen LogP contribution in [0.2, 0.25) is 0 Å². The number of phenols is 2. The average Bonchev–Trinajstić information content (AvgIpc) is 3.73. The van der Waals surface area contributed by atoms with E-state index in [2.05, 4.69) is 9.98 Å². The lowest BCUT2D eigenvalue weighted by atomic mass is 9.88. The van der Waals surface area contributed by atoms with Crippen LogP contribution in [0.4, 0.5) is 5.69 Å². The van der Waals surface area contributed by atoms with Crippen LogP contribution in [0, 0.1) is 0 Å². The van der Waals surface area contributed by atoms with Gasteiger partial charge >= 0.3 is 11.9 Å². The minimum absolute atomic E-state index is 0.0168. The Balaban J connectivity index is 1.35. The number of aliphatic hydroxyl groups excluding tert-OH is 4. The normalized spacial score (nSPS) is 26.7. The smallest absolute Gasteiger partial charge is 0.355 e. The summed E-state index contributed by atoms with van der Waals surface area (Å²) in [6.45, 7) is 1.41. The van der Waals surface area contributed by atoms with Gasteiger partial charge in [0.2, 0.25) is 0 Å². The Morgan fingerprint density at radius 1 is 1.00 bits per heavy atom. The molecule has 1 amide bonds. The van der Waals surface area contributed by atoms with E-state index in [4.69, 9.17) is 9.47 Å². The maximum absolute atomic E-state index is 14.1. The summed E-state index contributed by atoms with van der Waals surface area (Å²) >= 11 is 0. The van der Waals surface area contributed by atoms with Crippen LogP contribution in [-0.4, -0.2) is 114 Å². The summed E-state index contributed by atoms with van der Waals surface area (Å²) in [5.74, 6) is -7.13. The van der Waals surface area contributed by atoms with Gasteiger partial charge in [0.25, 0.3) is 5.91 Å². The van der Waals surface area contributed by atoms with Crippen LogP contribution < -0.4 is 9.64 Å². The molecule has 3 aliphatic rings. The number of rotatable bonds is 12. The highest BCUT2D eigenvalue weighted by Crippen LogP contribution is 2.49. The molecule has 0 aliphatic carbocycles. The van der Waals surface area contributed by atoms with Gasteiger partial charge < -0.3 is 50.3 Å². The summed E-state index contributed by atoms with van der Waals surface area (Å²) < 4.78 is 10.7. The van der Waals surface area contributed by atoms with Crippen LogP contribution in [-0.2, 0) is 27.2 Å². The highest BCUT2D eigenvalue weighted by Gasteiger charge is 2.56. The molecule has 1 saturated heterocycles. The molecule has 0 saturated carbocycles. The van der Waals surface area contributed by atoms with Crippen molar-refractivity contribution in [3.8, 4) is 17.2 Å². The van der Waals surface area contributed by atoms with Crippen molar-refractivity contribution in [1.82, 2.24) is 0 Å². The zero-order valence-electron chi connectivity index (χ0n) is 28.7. The predicted octanol–water partition coefficient (Wildman–Crippen LogP) is 1.63. The van der Waals surface area contributed by atoms with Gasteiger partial charge in [-0.15, -0.1) is 0 Å². The third-order valence-corrected chi connectivity index (χ3v) is 9.76. The third-order valence-electron chi connectivity index (χ3n) is 9.76. The fourth-order valence-corrected chi connectivity index (χ4v) is 6.99. The summed E-state index contributed by atoms with van der Waals surface area (Å²) in [6, 6.07) is 14.9. The molecule has 0 spiro atoms. The molecule has 7 atom stereocenters. The van der Waals surface area contributed by atoms with Crippen molar-refractivity contribution in [3.63, 3.8) is 0 Å². The first-order chi connectivity index (χ1) is 25.3. The molecule has 8 N–H and O–H groups in total. The number of aliphatic hydroxyl groups is 5. The van der Waals surface area contributed by atoms with Crippen LogP contribution >= 0.6 is 0 Å². The molecule has 3 aromatic carbocycles. The van der Waals surface area contributed by atoms with E-state index in [0.29, 0.717) is 42.6 Å². The molecule has 1 fully saturated rings. The topological polar surface area (TPSA) is 242 Å². The Morgan fingerprint density at radius 2 is 1.74 bits per heavy atom. The van der Waals surface area contributed by atoms with E-state index >= 15 is 0 Å². The molecule has 15 nitrogen and oxygen atoms in total. The quantitative estimate of drug-likeness (QED) is 0.0980. The number of carboxylic acid groups (broad SMARTS) is 1. The first kappa shape index (κ1) is 37.6. The number of phenolic OH excluding ortho intramolecular Hbond substituents is 2. The molecule has 3 heterocycles. The standard InChI is InChI=1S/C38H41N3O12/c1-2-25-26(40-19-39-25)15-22-14-21(9-12-28(22)43)10-13-32(45)41-27-17-30(52-38(51)36(48)35(47)34(46)31(18-42)53-38)29(44)16-24(27)23(33(41)37(49)50)11-8-20-6-4-3-5-7-20/h3-7,9-10,12-14,16-17,23,31,33-36,42-44,46-48,51H,2,8,11,15,18-19H2,1H3,(H,49,50)/t23-,31-,33-,34-,35+,36-,38-/m1/s1. The van der Waals surface area contributed by atoms with Crippen molar-refractivity contribution in [2.45, 2.75) is 75.0 Å². The number of aliphatic carboxylic acids is 1. The van der Waals surface area contributed by atoms with Gasteiger partial charge in [-0.25, -0.2) is 4.79 Å². The van der Waals surface area contributed by atoms with Crippen molar-refractivity contribution in [2.24, 2.45) is 9.98 Å². The largest absolute Gasteiger partial charge is 0.508 e. The van der Waals surface area contributed by atoms with Crippen LogP contribution in [0.25, 0.3) is 6.08 Å². The van der Waals surface area contributed by atoms with Gasteiger partial charge in [-0.2, -0.15) is 0 Å². The number of aliphatic imine (C=N–C) groups is 2. The van der Waals surface area contributed by atoms with Gasteiger partial charge in [0.05, 0.1) is 23.7 Å². The number of hydrogen-bond donors (Lipinski definition) is 8. The van der Waals surface area contributed by atoms with Gasteiger partial charge in [-0.05, 0) is 60.2 Å². The number of benzene rings is 3. The predicted molar refractivity (Wildman–Crippen MR) is 191 cm³/mol. The van der Waals surface area contributed by atoms with E-state index in [1.165, 1.54) is 24.3 Å². The van der Waals surface area contributed by atoms with E-state index in [9.17, 15) is 50.4 Å². The summed E-state index contributed by atoms with van der Waals surface area (Å²) in [6.07, 6.45) is -3.35. The lowest BCUT2D eigenvalue weighted by molar-refractivity contribution is -0.422. The number of carbonyl (C=O) groups excluding carboxylic acids is 1. The zero-order chi connectivity index (χ0) is 38.0. The first-order valence-electron chi connectivity index (χ1n) is 17.1. The second-order valence-corrected chi connectivity index (χ2v) is 13.1. The lowest BCUT2D eigenvalue weighted by Crippen LogP contribution is -2.67. The zero-order valence-corrected chi connectivity index (χ0v) is 28.7. The van der Waals surface area contributed by atoms with Crippen LogP contribution in [0.15, 0.2) is 76.7 Å². The number of hydrogen-bond acceptors (Lipinski definition) is 13. The number of carboxylic acids is 1. The molecule has 0 unspecified atom stereocenters. The number of amides is 1. The van der Waals surface area contributed by atoms with E-state index in [-0.39, 0.29) is 17.9 Å². The molecule has 0 bridgehead atoms. The molecule has 53 heavy (non-hydrogen) atoms. The Morgan fingerprint density at radius 3 is 2.43 bits per heavy atom. The molecule has 280 valence electrons. The molecule has 0 aromatic heterocycles. The summed E-state index contributed by atoms with van der Waals surface area (Å²) in [5, 5.41) is 83.9. The highest BCUT2D eigenvalue weighted by atomic mass is 16.8. The minimum Gasteiger partial charge on any atom is -0.508 e. The minimum atomic E-state index is -3.09. The van der Waals surface area contributed by atoms with Crippen molar-refractivity contribution in [3.05, 3.63) is 89.0 Å².